The van der Waals surface area contributed by atoms with Crippen LogP contribution >= 0.6 is 0 Å². The molecule has 0 unspecified atom stereocenters. The van der Waals surface area contributed by atoms with Crippen molar-refractivity contribution in [1.29, 1.82) is 0 Å². The van der Waals surface area contributed by atoms with Crippen LogP contribution in [0.5, 0.6) is 0 Å². The Labute approximate surface area is 155 Å². The molecule has 0 atom stereocenters. The quantitative estimate of drug-likeness (QED) is 0.558. The van der Waals surface area contributed by atoms with Crippen LogP contribution in [0.25, 0.3) is 17.0 Å². The molecule has 4 aromatic rings. The number of amides is 1. The lowest BCUT2D eigenvalue weighted by Gasteiger charge is -2.09. The van der Waals surface area contributed by atoms with Gasteiger partial charge in [-0.25, -0.2) is 8.78 Å². The maximum Gasteiger partial charge on any atom is 0.263 e. The molecule has 0 aliphatic heterocycles. The Morgan fingerprint density at radius 2 is 2.04 bits per heavy atom. The molecule has 0 saturated heterocycles. The van der Waals surface area contributed by atoms with Gasteiger partial charge in [0.25, 0.3) is 11.5 Å². The zero-order valence-electron chi connectivity index (χ0n) is 14.7. The van der Waals surface area contributed by atoms with Gasteiger partial charge < -0.3 is 5.32 Å². The van der Waals surface area contributed by atoms with E-state index in [1.807, 2.05) is 0 Å². The Morgan fingerprint density at radius 1 is 1.25 bits per heavy atom. The molecular formula is C17H13F2N7O2. The summed E-state index contributed by atoms with van der Waals surface area (Å²) in [6, 6.07) is 4.16. The predicted molar refractivity (Wildman–Crippen MR) is 95.3 cm³/mol. The summed E-state index contributed by atoms with van der Waals surface area (Å²) in [6.07, 6.45) is 1.39. The SMILES string of the molecule is Cc1cc(NC(=O)c2ccc(F)cc2F)n(-c2nc3c(cnn3C)c(=O)[nH]2)n1. The van der Waals surface area contributed by atoms with Crippen LogP contribution in [0.1, 0.15) is 16.1 Å². The lowest BCUT2D eigenvalue weighted by molar-refractivity contribution is 0.102. The van der Waals surface area contributed by atoms with Crippen molar-refractivity contribution in [2.75, 3.05) is 5.32 Å². The van der Waals surface area contributed by atoms with Crippen molar-refractivity contribution < 1.29 is 13.6 Å². The number of hydrogen-bond acceptors (Lipinski definition) is 5. The highest BCUT2D eigenvalue weighted by Gasteiger charge is 2.18. The third-order valence-corrected chi connectivity index (χ3v) is 4.04. The van der Waals surface area contributed by atoms with Crippen LogP contribution in [0.15, 0.2) is 35.3 Å². The molecule has 3 aromatic heterocycles. The minimum absolute atomic E-state index is 0.0454. The number of nitrogens with one attached hydrogen (secondary N) is 2. The van der Waals surface area contributed by atoms with Crippen LogP contribution in [-0.2, 0) is 7.05 Å². The second kappa shape index (κ2) is 6.37. The minimum Gasteiger partial charge on any atom is -0.306 e. The topological polar surface area (TPSA) is 110 Å². The van der Waals surface area contributed by atoms with Crippen molar-refractivity contribution in [2.45, 2.75) is 6.92 Å². The molecule has 0 bridgehead atoms. The Kier molecular flexibility index (Phi) is 3.99. The molecule has 11 heteroatoms. The van der Waals surface area contributed by atoms with E-state index in [1.165, 1.54) is 21.6 Å². The summed E-state index contributed by atoms with van der Waals surface area (Å²) in [5.74, 6) is -2.40. The number of rotatable bonds is 3. The number of aryl methyl sites for hydroxylation is 2. The lowest BCUT2D eigenvalue weighted by Crippen LogP contribution is -2.19. The molecular weight excluding hydrogens is 372 g/mol. The first-order chi connectivity index (χ1) is 13.3. The molecule has 2 N–H and O–H groups in total. The minimum atomic E-state index is -0.997. The molecule has 0 saturated carbocycles. The predicted octanol–water partition coefficient (Wildman–Crippen LogP) is 1.68. The fraction of sp³-hybridized carbons (Fsp3) is 0.118. The zero-order chi connectivity index (χ0) is 20.0. The number of carbonyl (C=O) groups excluding carboxylic acids is 1. The highest BCUT2D eigenvalue weighted by molar-refractivity contribution is 6.04. The molecule has 3 heterocycles. The first-order valence-corrected chi connectivity index (χ1v) is 8.09. The van der Waals surface area contributed by atoms with Gasteiger partial charge in [0.15, 0.2) is 5.65 Å². The molecule has 0 fully saturated rings. The number of fused-ring (bicyclic) bond motifs is 1. The lowest BCUT2D eigenvalue weighted by atomic mass is 10.2. The number of aromatic amines is 1. The van der Waals surface area contributed by atoms with E-state index in [4.69, 9.17) is 0 Å². The Morgan fingerprint density at radius 3 is 2.79 bits per heavy atom. The molecule has 1 aromatic carbocycles. The van der Waals surface area contributed by atoms with Gasteiger partial charge in [-0.2, -0.15) is 19.9 Å². The maximum atomic E-state index is 13.9. The van der Waals surface area contributed by atoms with Gasteiger partial charge in [-0.1, -0.05) is 0 Å². The number of nitrogens with zero attached hydrogens (tertiary/aromatic N) is 5. The van der Waals surface area contributed by atoms with Crippen LogP contribution in [0.4, 0.5) is 14.6 Å². The monoisotopic (exact) mass is 385 g/mol. The van der Waals surface area contributed by atoms with Crippen molar-refractivity contribution >= 4 is 22.8 Å². The second-order valence-electron chi connectivity index (χ2n) is 6.06. The van der Waals surface area contributed by atoms with Gasteiger partial charge in [0, 0.05) is 19.2 Å². The van der Waals surface area contributed by atoms with Crippen LogP contribution < -0.4 is 10.9 Å². The first-order valence-electron chi connectivity index (χ1n) is 8.09. The van der Waals surface area contributed by atoms with Crippen molar-refractivity contribution in [3.63, 3.8) is 0 Å². The Hall–Kier alpha value is -3.89. The van der Waals surface area contributed by atoms with Crippen molar-refractivity contribution in [3.05, 3.63) is 63.7 Å². The molecule has 1 amide bonds. The Balaban J connectivity index is 1.76. The normalized spacial score (nSPS) is 11.1. The molecule has 0 aliphatic carbocycles. The van der Waals surface area contributed by atoms with Gasteiger partial charge in [0.2, 0.25) is 5.95 Å². The molecule has 0 radical (unpaired) electrons. The number of anilines is 1. The average Bonchev–Trinajstić information content (AvgIpc) is 3.18. The van der Waals surface area contributed by atoms with Crippen molar-refractivity contribution in [3.8, 4) is 5.95 Å². The van der Waals surface area contributed by atoms with Gasteiger partial charge >= 0.3 is 0 Å². The van der Waals surface area contributed by atoms with Crippen LogP contribution in [0.2, 0.25) is 0 Å². The van der Waals surface area contributed by atoms with E-state index in [0.717, 1.165) is 12.1 Å². The Bertz CT molecular complexity index is 1290. The molecule has 0 aliphatic rings. The van der Waals surface area contributed by atoms with Gasteiger partial charge in [0.05, 0.1) is 17.5 Å². The largest absolute Gasteiger partial charge is 0.306 e. The van der Waals surface area contributed by atoms with Crippen molar-refractivity contribution in [2.24, 2.45) is 7.05 Å². The highest BCUT2D eigenvalue weighted by atomic mass is 19.1. The molecule has 28 heavy (non-hydrogen) atoms. The van der Waals surface area contributed by atoms with Gasteiger partial charge in [-0.15, -0.1) is 0 Å². The molecule has 0 spiro atoms. The molecule has 9 nitrogen and oxygen atoms in total. The third-order valence-electron chi connectivity index (χ3n) is 4.04. The van der Waals surface area contributed by atoms with Crippen LogP contribution in [-0.4, -0.2) is 35.4 Å². The van der Waals surface area contributed by atoms with E-state index < -0.39 is 23.1 Å². The number of halogens is 2. The molecule has 4 rings (SSSR count). The summed E-state index contributed by atoms with van der Waals surface area (Å²) in [6.45, 7) is 1.67. The van der Waals surface area contributed by atoms with Crippen molar-refractivity contribution in [1.82, 2.24) is 29.5 Å². The average molecular weight is 385 g/mol. The van der Waals surface area contributed by atoms with Gasteiger partial charge in [0.1, 0.15) is 22.8 Å². The zero-order valence-corrected chi connectivity index (χ0v) is 14.7. The van der Waals surface area contributed by atoms with Gasteiger partial charge in [-0.05, 0) is 19.1 Å². The standard InChI is InChI=1S/C17H13F2N7O2/c1-8-5-13(21-15(27)10-4-3-9(18)6-12(10)19)26(24-8)17-22-14-11(16(28)23-17)7-20-25(14)2/h3-7H,1-2H3,(H,21,27)(H,22,23,28). The smallest absolute Gasteiger partial charge is 0.263 e. The maximum absolute atomic E-state index is 13.9. The fourth-order valence-electron chi connectivity index (χ4n) is 2.73. The van der Waals surface area contributed by atoms with Crippen LogP contribution in [0.3, 0.4) is 0 Å². The summed E-state index contributed by atoms with van der Waals surface area (Å²) in [4.78, 5) is 31.6. The van der Waals surface area contributed by atoms with E-state index in [1.54, 1.807) is 14.0 Å². The summed E-state index contributed by atoms with van der Waals surface area (Å²) in [5, 5.41) is 11.0. The number of hydrogen-bond donors (Lipinski definition) is 2. The highest BCUT2D eigenvalue weighted by Crippen LogP contribution is 2.18. The van der Waals surface area contributed by atoms with Crippen LogP contribution in [0, 0.1) is 18.6 Å². The third kappa shape index (κ3) is 2.92. The summed E-state index contributed by atoms with van der Waals surface area (Å²) in [7, 11) is 1.63. The second-order valence-corrected chi connectivity index (χ2v) is 6.06. The number of benzene rings is 1. The first kappa shape index (κ1) is 17.5. The number of aromatic nitrogens is 6. The summed E-state index contributed by atoms with van der Waals surface area (Å²) < 4.78 is 29.6. The summed E-state index contributed by atoms with van der Waals surface area (Å²) >= 11 is 0. The van der Waals surface area contributed by atoms with E-state index in [2.05, 4.69) is 25.5 Å². The number of carbonyl (C=O) groups is 1. The van der Waals surface area contributed by atoms with Gasteiger partial charge in [-0.3, -0.25) is 19.3 Å². The van der Waals surface area contributed by atoms with E-state index >= 15 is 0 Å². The van der Waals surface area contributed by atoms with E-state index in [9.17, 15) is 18.4 Å². The van der Waals surface area contributed by atoms with E-state index in [-0.39, 0.29) is 17.3 Å². The molecule has 142 valence electrons. The number of H-pyrrole nitrogens is 1. The van der Waals surface area contributed by atoms with E-state index in [0.29, 0.717) is 22.8 Å². The fourth-order valence-corrected chi connectivity index (χ4v) is 2.73. The summed E-state index contributed by atoms with van der Waals surface area (Å²) in [5.41, 5.74) is 0.0786.